The van der Waals surface area contributed by atoms with E-state index in [2.05, 4.69) is 24.0 Å². The molecule has 0 spiro atoms. The van der Waals surface area contributed by atoms with Gasteiger partial charge in [0.1, 0.15) is 0 Å². The molecule has 4 aliphatic carbocycles. The molecule has 0 heterocycles. The fourth-order valence-corrected chi connectivity index (χ4v) is 7.32. The minimum atomic E-state index is -0.482. The molecule has 4 aliphatic rings. The fourth-order valence-electron chi connectivity index (χ4n) is 7.17. The number of aliphatic imine (C=N–C) groups is 1. The molecule has 4 rings (SSSR count). The maximum atomic E-state index is 11.9. The zero-order valence-electron chi connectivity index (χ0n) is 15.6. The predicted octanol–water partition coefficient (Wildman–Crippen LogP) is 4.96. The number of fused-ring (bicyclic) bond motifs is 5. The second kappa shape index (κ2) is 5.84. The van der Waals surface area contributed by atoms with Crippen LogP contribution in [-0.4, -0.2) is 23.8 Å². The molecule has 0 saturated heterocycles. The molecule has 0 aromatic rings. The molecule has 0 aromatic carbocycles. The van der Waals surface area contributed by atoms with Crippen LogP contribution in [0.1, 0.15) is 65.2 Å². The van der Waals surface area contributed by atoms with Gasteiger partial charge in [0, 0.05) is 18.9 Å². The van der Waals surface area contributed by atoms with Crippen molar-refractivity contribution in [3.8, 4) is 0 Å². The third kappa shape index (κ3) is 2.23. The van der Waals surface area contributed by atoms with Gasteiger partial charge in [0.15, 0.2) is 11.5 Å². The van der Waals surface area contributed by atoms with Crippen LogP contribution in [0, 0.1) is 28.6 Å². The Morgan fingerprint density at radius 3 is 2.64 bits per heavy atom. The minimum Gasteiger partial charge on any atom is -0.356 e. The van der Waals surface area contributed by atoms with Crippen LogP contribution < -0.4 is 0 Å². The number of hydrogen-bond donors (Lipinski definition) is 0. The Morgan fingerprint density at radius 1 is 1.16 bits per heavy atom. The highest BCUT2D eigenvalue weighted by molar-refractivity contribution is 7.78. The summed E-state index contributed by atoms with van der Waals surface area (Å²) in [4.78, 5) is 16.5. The van der Waals surface area contributed by atoms with E-state index in [4.69, 9.17) is 17.0 Å². The second-order valence-corrected chi connectivity index (χ2v) is 9.34. The number of rotatable bonds is 2. The van der Waals surface area contributed by atoms with Gasteiger partial charge in [-0.05, 0) is 86.4 Å². The van der Waals surface area contributed by atoms with Crippen LogP contribution in [0.4, 0.5) is 0 Å². The SMILES string of the molecule is CO[C@]1(N=C=S)CC[C@@H]2C3CCC4=CC(=O)CC[C@]4(C)[C@@H]3CC[C@@]21C. The predicted molar refractivity (Wildman–Crippen MR) is 101 cm³/mol. The monoisotopic (exact) mass is 359 g/mol. The highest BCUT2D eigenvalue weighted by atomic mass is 32.1. The van der Waals surface area contributed by atoms with Crippen molar-refractivity contribution in [1.29, 1.82) is 0 Å². The summed E-state index contributed by atoms with van der Waals surface area (Å²) < 4.78 is 5.99. The van der Waals surface area contributed by atoms with Gasteiger partial charge in [0.05, 0.1) is 5.16 Å². The van der Waals surface area contributed by atoms with Gasteiger partial charge >= 0.3 is 0 Å². The van der Waals surface area contributed by atoms with Gasteiger partial charge in [-0.25, -0.2) is 0 Å². The molecule has 1 unspecified atom stereocenters. The normalized spacial score (nSPS) is 48.7. The first-order valence-corrected chi connectivity index (χ1v) is 10.2. The number of allylic oxidation sites excluding steroid dienone is 1. The van der Waals surface area contributed by atoms with E-state index < -0.39 is 5.72 Å². The lowest BCUT2D eigenvalue weighted by Crippen LogP contribution is -2.54. The summed E-state index contributed by atoms with van der Waals surface area (Å²) in [6.07, 6.45) is 10.5. The Hall–Kier alpha value is -0.830. The second-order valence-electron chi connectivity index (χ2n) is 9.16. The molecule has 0 bridgehead atoms. The molecule has 25 heavy (non-hydrogen) atoms. The third-order valence-electron chi connectivity index (χ3n) is 8.60. The van der Waals surface area contributed by atoms with Crippen molar-refractivity contribution in [2.24, 2.45) is 33.6 Å². The zero-order chi connectivity index (χ0) is 17.9. The van der Waals surface area contributed by atoms with Gasteiger partial charge in [0.25, 0.3) is 0 Å². The van der Waals surface area contributed by atoms with E-state index in [9.17, 15) is 4.79 Å². The molecular weight excluding hydrogens is 330 g/mol. The van der Waals surface area contributed by atoms with Gasteiger partial charge in [0.2, 0.25) is 0 Å². The van der Waals surface area contributed by atoms with Crippen molar-refractivity contribution in [3.63, 3.8) is 0 Å². The summed E-state index contributed by atoms with van der Waals surface area (Å²) in [7, 11) is 1.78. The van der Waals surface area contributed by atoms with Crippen LogP contribution in [0.25, 0.3) is 0 Å². The first kappa shape index (κ1) is 17.6. The van der Waals surface area contributed by atoms with Crippen LogP contribution in [0.2, 0.25) is 0 Å². The number of hydrogen-bond acceptors (Lipinski definition) is 4. The molecule has 6 atom stereocenters. The van der Waals surface area contributed by atoms with Crippen LogP contribution in [-0.2, 0) is 9.53 Å². The lowest BCUT2D eigenvalue weighted by molar-refractivity contribution is -0.140. The zero-order valence-corrected chi connectivity index (χ0v) is 16.5. The highest BCUT2D eigenvalue weighted by Gasteiger charge is 2.65. The van der Waals surface area contributed by atoms with Crippen molar-refractivity contribution in [1.82, 2.24) is 0 Å². The van der Waals surface area contributed by atoms with Gasteiger partial charge < -0.3 is 4.74 Å². The lowest BCUT2D eigenvalue weighted by Gasteiger charge is -2.58. The summed E-state index contributed by atoms with van der Waals surface area (Å²) in [6.45, 7) is 4.80. The smallest absolute Gasteiger partial charge is 0.173 e. The van der Waals surface area contributed by atoms with Crippen molar-refractivity contribution < 1.29 is 9.53 Å². The number of ketones is 1. The molecule has 4 heteroatoms. The van der Waals surface area contributed by atoms with E-state index in [1.54, 1.807) is 7.11 Å². The molecule has 0 radical (unpaired) electrons. The lowest BCUT2D eigenvalue weighted by atomic mass is 9.47. The Bertz CT molecular complexity index is 681. The number of isothiocyanates is 1. The highest BCUT2D eigenvalue weighted by Crippen LogP contribution is 2.68. The molecule has 136 valence electrons. The number of nitrogens with zero attached hydrogens (tertiary/aromatic N) is 1. The van der Waals surface area contributed by atoms with E-state index in [0.717, 1.165) is 32.1 Å². The standard InChI is InChI=1S/C21H29NO2S/c1-19-9-6-15(23)12-14(19)4-5-16-17(19)7-10-20(2)18(16)8-11-21(20,24-3)22-13-25/h12,16-18H,4-11H2,1-3H3/t16?,17-,18-,19+,20+,21-/m1/s1. The van der Waals surface area contributed by atoms with Gasteiger partial charge in [-0.3, -0.25) is 4.79 Å². The fraction of sp³-hybridized carbons (Fsp3) is 0.810. The van der Waals surface area contributed by atoms with E-state index in [-0.39, 0.29) is 10.8 Å². The van der Waals surface area contributed by atoms with Gasteiger partial charge in [-0.15, -0.1) is 0 Å². The summed E-state index contributed by atoms with van der Waals surface area (Å²) in [5.41, 5.74) is 1.23. The Kier molecular flexibility index (Phi) is 4.10. The summed E-state index contributed by atoms with van der Waals surface area (Å²) >= 11 is 4.95. The topological polar surface area (TPSA) is 38.7 Å². The van der Waals surface area contributed by atoms with E-state index in [1.165, 1.54) is 24.8 Å². The van der Waals surface area contributed by atoms with Crippen molar-refractivity contribution in [2.75, 3.05) is 7.11 Å². The van der Waals surface area contributed by atoms with E-state index >= 15 is 0 Å². The Morgan fingerprint density at radius 2 is 1.92 bits per heavy atom. The largest absolute Gasteiger partial charge is 0.356 e. The average molecular weight is 360 g/mol. The molecule has 0 amide bonds. The van der Waals surface area contributed by atoms with Gasteiger partial charge in [-0.1, -0.05) is 19.4 Å². The molecule has 3 fully saturated rings. The number of carbonyl (C=O) groups excluding carboxylic acids is 1. The molecule has 3 saturated carbocycles. The number of methoxy groups -OCH3 is 1. The number of thiocarbonyl (C=S) groups is 1. The van der Waals surface area contributed by atoms with Crippen LogP contribution >= 0.6 is 12.2 Å². The van der Waals surface area contributed by atoms with Crippen LogP contribution in [0.5, 0.6) is 0 Å². The molecular formula is C21H29NO2S. The first-order valence-electron chi connectivity index (χ1n) is 9.78. The van der Waals surface area contributed by atoms with E-state index in [0.29, 0.717) is 23.5 Å². The minimum absolute atomic E-state index is 0.0524. The first-order chi connectivity index (χ1) is 11.9. The molecule has 0 aromatic heterocycles. The number of ether oxygens (including phenoxy) is 1. The average Bonchev–Trinajstić information content (AvgIpc) is 2.89. The maximum absolute atomic E-state index is 11.9. The van der Waals surface area contributed by atoms with Crippen molar-refractivity contribution >= 4 is 23.2 Å². The van der Waals surface area contributed by atoms with Crippen molar-refractivity contribution in [3.05, 3.63) is 11.6 Å². The summed E-state index contributed by atoms with van der Waals surface area (Å²) in [5, 5.41) is 2.63. The van der Waals surface area contributed by atoms with Crippen LogP contribution in [0.15, 0.2) is 16.6 Å². The molecule has 3 nitrogen and oxygen atoms in total. The van der Waals surface area contributed by atoms with E-state index in [1.807, 2.05) is 6.08 Å². The Balaban J connectivity index is 1.70. The van der Waals surface area contributed by atoms with Crippen molar-refractivity contribution in [2.45, 2.75) is 70.9 Å². The summed E-state index contributed by atoms with van der Waals surface area (Å²) in [5.74, 6) is 2.38. The summed E-state index contributed by atoms with van der Waals surface area (Å²) in [6, 6.07) is 0. The van der Waals surface area contributed by atoms with Crippen LogP contribution in [0.3, 0.4) is 0 Å². The quantitative estimate of drug-likeness (QED) is 0.516. The maximum Gasteiger partial charge on any atom is 0.173 e. The molecule has 0 N–H and O–H groups in total. The number of carbonyl (C=O) groups is 1. The Labute approximate surface area is 156 Å². The third-order valence-corrected chi connectivity index (χ3v) is 8.69. The molecule has 0 aliphatic heterocycles. The van der Waals surface area contributed by atoms with Gasteiger partial charge in [-0.2, -0.15) is 4.99 Å².